The molecule has 3 N–H and O–H groups in total. The summed E-state index contributed by atoms with van der Waals surface area (Å²) in [6.07, 6.45) is 1.49. The fourth-order valence-corrected chi connectivity index (χ4v) is 4.73. The summed E-state index contributed by atoms with van der Waals surface area (Å²) in [5, 5.41) is 9.08. The highest BCUT2D eigenvalue weighted by Gasteiger charge is 2.16. The van der Waals surface area contributed by atoms with Gasteiger partial charge in [-0.2, -0.15) is 0 Å². The van der Waals surface area contributed by atoms with Crippen LogP contribution in [0.25, 0.3) is 6.08 Å². The Morgan fingerprint density at radius 1 is 0.829 bits per heavy atom. The summed E-state index contributed by atoms with van der Waals surface area (Å²) in [4.78, 5) is 39.3. The molecule has 0 aliphatic heterocycles. The first-order chi connectivity index (χ1) is 19.8. The number of hydrogen-bond acceptors (Lipinski definition) is 5. The lowest BCUT2D eigenvalue weighted by molar-refractivity contribution is -0.114. The molecule has 0 saturated carbocycles. The molecule has 4 rings (SSSR count). The van der Waals surface area contributed by atoms with Gasteiger partial charge in [0.2, 0.25) is 5.91 Å². The lowest BCUT2D eigenvalue weighted by Gasteiger charge is -2.12. The number of benzene rings is 4. The molecule has 0 aliphatic carbocycles. The van der Waals surface area contributed by atoms with Crippen LogP contribution in [0, 0.1) is 0 Å². The molecule has 0 fully saturated rings. The number of carbonyl (C=O) groups is 3. The number of methoxy groups -OCH3 is 1. The smallest absolute Gasteiger partial charge is 0.272 e. The van der Waals surface area contributed by atoms with Crippen molar-refractivity contribution < 1.29 is 19.1 Å². The molecule has 41 heavy (non-hydrogen) atoms. The molecule has 0 aromatic heterocycles. The molecule has 4 aromatic carbocycles. The van der Waals surface area contributed by atoms with Crippen molar-refractivity contribution in [1.29, 1.82) is 0 Å². The van der Waals surface area contributed by atoms with E-state index in [0.717, 1.165) is 4.90 Å². The number of ether oxygens (including phenoxy) is 1. The third kappa shape index (κ3) is 8.88. The zero-order valence-corrected chi connectivity index (χ0v) is 24.1. The second kappa shape index (κ2) is 14.4. The minimum Gasteiger partial charge on any atom is -0.497 e. The molecule has 0 aliphatic rings. The minimum absolute atomic E-state index is 0.00303. The third-order valence-electron chi connectivity index (χ3n) is 5.65. The van der Waals surface area contributed by atoms with E-state index in [4.69, 9.17) is 27.9 Å². The number of halogens is 2. The second-order valence-electron chi connectivity index (χ2n) is 8.59. The van der Waals surface area contributed by atoms with Crippen molar-refractivity contribution in [1.82, 2.24) is 5.32 Å². The van der Waals surface area contributed by atoms with Crippen LogP contribution in [0.4, 0.5) is 11.4 Å². The average molecular weight is 607 g/mol. The Morgan fingerprint density at radius 2 is 1.49 bits per heavy atom. The molecule has 0 bridgehead atoms. The zero-order chi connectivity index (χ0) is 29.2. The highest BCUT2D eigenvalue weighted by atomic mass is 35.5. The summed E-state index contributed by atoms with van der Waals surface area (Å²) < 4.78 is 5.12. The molecule has 0 unspecified atom stereocenters. The molecule has 3 amide bonds. The van der Waals surface area contributed by atoms with Crippen molar-refractivity contribution >= 4 is 70.1 Å². The average Bonchev–Trinajstić information content (AvgIpc) is 2.98. The van der Waals surface area contributed by atoms with Gasteiger partial charge in [0.05, 0.1) is 12.9 Å². The predicted octanol–water partition coefficient (Wildman–Crippen LogP) is 7.14. The van der Waals surface area contributed by atoms with Crippen LogP contribution in [-0.2, 0) is 9.59 Å². The Kier molecular flexibility index (Phi) is 10.5. The number of anilines is 2. The van der Waals surface area contributed by atoms with Crippen molar-refractivity contribution in [2.45, 2.75) is 4.90 Å². The quantitative estimate of drug-likeness (QED) is 0.132. The van der Waals surface area contributed by atoms with E-state index in [0.29, 0.717) is 38.3 Å². The first-order valence-electron chi connectivity index (χ1n) is 12.3. The van der Waals surface area contributed by atoms with E-state index in [1.165, 1.54) is 17.8 Å². The van der Waals surface area contributed by atoms with Gasteiger partial charge in [-0.25, -0.2) is 0 Å². The van der Waals surface area contributed by atoms with Crippen molar-refractivity contribution in [2.24, 2.45) is 0 Å². The normalized spacial score (nSPS) is 11.0. The van der Waals surface area contributed by atoms with E-state index in [1.54, 1.807) is 104 Å². The van der Waals surface area contributed by atoms with Crippen molar-refractivity contribution in [3.8, 4) is 5.75 Å². The van der Waals surface area contributed by atoms with E-state index < -0.39 is 11.8 Å². The van der Waals surface area contributed by atoms with Gasteiger partial charge in [-0.15, -0.1) is 11.8 Å². The number of carbonyl (C=O) groups excluding carboxylic acids is 3. The summed E-state index contributed by atoms with van der Waals surface area (Å²) in [6.45, 7) is 0. The van der Waals surface area contributed by atoms with E-state index in [1.807, 2.05) is 0 Å². The number of amides is 3. The van der Waals surface area contributed by atoms with Gasteiger partial charge in [0.25, 0.3) is 11.8 Å². The van der Waals surface area contributed by atoms with Gasteiger partial charge in [-0.05, 0) is 84.4 Å². The van der Waals surface area contributed by atoms with Gasteiger partial charge in [-0.3, -0.25) is 14.4 Å². The SMILES string of the molecule is COc1ccc(NC(=O)CSc2ccc(NC(=O)/C(=C/c3ccc(Cl)cc3Cl)NC(=O)c3ccccc3)cc2)cc1. The van der Waals surface area contributed by atoms with Crippen LogP contribution >= 0.6 is 35.0 Å². The largest absolute Gasteiger partial charge is 0.497 e. The molecule has 7 nitrogen and oxygen atoms in total. The Labute approximate surface area is 251 Å². The standard InChI is InChI=1S/C31H25Cl2N3O4S/c1-40-25-13-9-23(10-14-25)34-29(37)19-41-26-15-11-24(12-16-26)35-31(39)28(17-21-7-8-22(32)18-27(21)33)36-30(38)20-5-3-2-4-6-20/h2-18H,19H2,1H3,(H,34,37)(H,35,39)(H,36,38)/b28-17-. The molecule has 0 atom stereocenters. The van der Waals surface area contributed by atoms with Crippen molar-refractivity contribution in [3.63, 3.8) is 0 Å². The number of nitrogens with one attached hydrogen (secondary N) is 3. The second-order valence-corrected chi connectivity index (χ2v) is 10.5. The highest BCUT2D eigenvalue weighted by molar-refractivity contribution is 8.00. The van der Waals surface area contributed by atoms with Gasteiger partial charge in [0.1, 0.15) is 11.4 Å². The van der Waals surface area contributed by atoms with E-state index in [9.17, 15) is 14.4 Å². The summed E-state index contributed by atoms with van der Waals surface area (Å²) in [7, 11) is 1.58. The molecule has 0 spiro atoms. The van der Waals surface area contributed by atoms with Crippen LogP contribution in [0.3, 0.4) is 0 Å². The van der Waals surface area contributed by atoms with Crippen molar-refractivity contribution in [2.75, 3.05) is 23.5 Å². The van der Waals surface area contributed by atoms with Crippen LogP contribution in [0.2, 0.25) is 10.0 Å². The first kappa shape index (κ1) is 29.7. The fraction of sp³-hybridized carbons (Fsp3) is 0.0645. The molecule has 208 valence electrons. The Morgan fingerprint density at radius 3 is 2.15 bits per heavy atom. The summed E-state index contributed by atoms with van der Waals surface area (Å²) in [5.74, 6) is -0.226. The highest BCUT2D eigenvalue weighted by Crippen LogP contribution is 2.24. The Bertz CT molecular complexity index is 1560. The van der Waals surface area contributed by atoms with Crippen LogP contribution in [0.15, 0.2) is 108 Å². The van der Waals surface area contributed by atoms with E-state index >= 15 is 0 Å². The summed E-state index contributed by atoms with van der Waals surface area (Å²) >= 11 is 13.7. The Balaban J connectivity index is 1.41. The first-order valence-corrected chi connectivity index (χ1v) is 14.1. The lowest BCUT2D eigenvalue weighted by atomic mass is 10.1. The van der Waals surface area contributed by atoms with Crippen LogP contribution in [0.5, 0.6) is 5.75 Å². The van der Waals surface area contributed by atoms with Crippen LogP contribution in [-0.4, -0.2) is 30.6 Å². The van der Waals surface area contributed by atoms with Gasteiger partial charge < -0.3 is 20.7 Å². The van der Waals surface area contributed by atoms with Crippen molar-refractivity contribution in [3.05, 3.63) is 124 Å². The summed E-state index contributed by atoms with van der Waals surface area (Å²) in [5.41, 5.74) is 2.08. The topological polar surface area (TPSA) is 96.5 Å². The molecule has 0 saturated heterocycles. The van der Waals surface area contributed by atoms with Crippen LogP contribution < -0.4 is 20.7 Å². The molecule has 0 radical (unpaired) electrons. The Hall–Kier alpha value is -4.24. The van der Waals surface area contributed by atoms with Gasteiger partial charge in [-0.1, -0.05) is 47.5 Å². The monoisotopic (exact) mass is 605 g/mol. The number of rotatable bonds is 10. The zero-order valence-electron chi connectivity index (χ0n) is 21.8. The maximum absolute atomic E-state index is 13.2. The maximum Gasteiger partial charge on any atom is 0.272 e. The number of hydrogen-bond donors (Lipinski definition) is 3. The molecule has 10 heteroatoms. The molecule has 4 aromatic rings. The van der Waals surface area contributed by atoms with Crippen LogP contribution in [0.1, 0.15) is 15.9 Å². The van der Waals surface area contributed by atoms with Gasteiger partial charge in [0, 0.05) is 31.9 Å². The van der Waals surface area contributed by atoms with E-state index in [-0.39, 0.29) is 17.4 Å². The molecular weight excluding hydrogens is 581 g/mol. The number of thioether (sulfide) groups is 1. The summed E-state index contributed by atoms with van der Waals surface area (Å²) in [6, 6.07) is 27.5. The van der Waals surface area contributed by atoms with E-state index in [2.05, 4.69) is 16.0 Å². The predicted molar refractivity (Wildman–Crippen MR) is 166 cm³/mol. The lowest BCUT2D eigenvalue weighted by Crippen LogP contribution is -2.30. The van der Waals surface area contributed by atoms with Gasteiger partial charge in [0.15, 0.2) is 0 Å². The maximum atomic E-state index is 13.2. The van der Waals surface area contributed by atoms with Gasteiger partial charge >= 0.3 is 0 Å². The minimum atomic E-state index is -0.542. The fourth-order valence-electron chi connectivity index (χ4n) is 3.57. The molecule has 0 heterocycles. The molecular formula is C31H25Cl2N3O4S. The third-order valence-corrected chi connectivity index (χ3v) is 7.22.